The van der Waals surface area contributed by atoms with Crippen molar-refractivity contribution < 1.29 is 4.79 Å². The third kappa shape index (κ3) is 1.94. The molecule has 5 aliphatic carbocycles. The lowest BCUT2D eigenvalue weighted by atomic mass is 9.44. The molecule has 10 atom stereocenters. The van der Waals surface area contributed by atoms with Gasteiger partial charge in [-0.05, 0) is 97.9 Å². The van der Waals surface area contributed by atoms with Gasteiger partial charge in [-0.25, -0.2) is 0 Å². The average Bonchev–Trinajstić information content (AvgIpc) is 3.28. The largest absolute Gasteiger partial charge is 0.295 e. The number of rotatable bonds is 2. The van der Waals surface area contributed by atoms with Gasteiger partial charge < -0.3 is 0 Å². The highest BCUT2D eigenvalue weighted by Gasteiger charge is 2.79. The van der Waals surface area contributed by atoms with Crippen LogP contribution in [0.3, 0.4) is 0 Å². The molecule has 0 spiro atoms. The maximum absolute atomic E-state index is 12.0. The van der Waals surface area contributed by atoms with Crippen LogP contribution in [0.1, 0.15) is 59.3 Å². The molecule has 0 N–H and O–H groups in total. The summed E-state index contributed by atoms with van der Waals surface area (Å²) in [5.41, 5.74) is 1.45. The molecule has 0 radical (unpaired) electrons. The van der Waals surface area contributed by atoms with Crippen LogP contribution in [-0.2, 0) is 4.79 Å². The molecule has 2 nitrogen and oxygen atoms in total. The number of hydrogen-bond donors (Lipinski definition) is 0. The quantitative estimate of drug-likeness (QED) is 0.602. The highest BCUT2D eigenvalue weighted by molar-refractivity contribution is 5.91. The van der Waals surface area contributed by atoms with E-state index in [1.165, 1.54) is 18.4 Å². The fourth-order valence-corrected chi connectivity index (χ4v) is 9.17. The van der Waals surface area contributed by atoms with Crippen molar-refractivity contribution in [2.45, 2.75) is 59.3 Å². The van der Waals surface area contributed by atoms with Gasteiger partial charge in [0.25, 0.3) is 0 Å². The Morgan fingerprint density at radius 3 is 2.78 bits per heavy atom. The SMILES string of the molecule is C=C[C@H]1CC2=CC(=O)CC[C@@H]2[C@H]2CC[C@@]3(CC)[C@@H](C4C(C)C4[C@]3(C)C#N)[C@@H]21. The van der Waals surface area contributed by atoms with Gasteiger partial charge >= 0.3 is 0 Å². The van der Waals surface area contributed by atoms with Crippen LogP contribution < -0.4 is 0 Å². The van der Waals surface area contributed by atoms with Crippen LogP contribution in [0.25, 0.3) is 0 Å². The minimum atomic E-state index is -0.161. The van der Waals surface area contributed by atoms with Crippen molar-refractivity contribution in [2.24, 2.45) is 58.2 Å². The number of carbonyl (C=O) groups is 1. The normalized spacial score (nSPS) is 55.3. The molecule has 0 heterocycles. The van der Waals surface area contributed by atoms with Gasteiger partial charge in [0.05, 0.1) is 11.5 Å². The zero-order chi connectivity index (χ0) is 19.1. The molecule has 144 valence electrons. The highest BCUT2D eigenvalue weighted by atomic mass is 16.1. The van der Waals surface area contributed by atoms with E-state index in [0.29, 0.717) is 47.2 Å². The standard InChI is InChI=1S/C25H33NO/c1-5-15-11-16-12-17(27)7-8-18(16)19-9-10-25(6-2)23(21(15)19)20-14(3)22(20)24(25,4)13-26/h5,12,14-15,18-23H,1,6-11H2,2-4H3/t14?,15-,18-,19+,20?,21+,22?,23-,24-,25-/m0/s1. The van der Waals surface area contributed by atoms with E-state index in [1.54, 1.807) is 0 Å². The van der Waals surface area contributed by atoms with Crippen molar-refractivity contribution in [2.75, 3.05) is 0 Å². The first kappa shape index (κ1) is 17.7. The smallest absolute Gasteiger partial charge is 0.155 e. The van der Waals surface area contributed by atoms with E-state index in [-0.39, 0.29) is 10.8 Å². The van der Waals surface area contributed by atoms with Gasteiger partial charge in [0.2, 0.25) is 0 Å². The predicted octanol–water partition coefficient (Wildman–Crippen LogP) is 5.56. The van der Waals surface area contributed by atoms with Crippen LogP contribution in [0.4, 0.5) is 0 Å². The van der Waals surface area contributed by atoms with Gasteiger partial charge in [-0.15, -0.1) is 6.58 Å². The van der Waals surface area contributed by atoms with Crippen LogP contribution in [0.15, 0.2) is 24.3 Å². The Morgan fingerprint density at radius 1 is 1.33 bits per heavy atom. The molecule has 27 heavy (non-hydrogen) atoms. The molecule has 0 aromatic carbocycles. The molecule has 5 rings (SSSR count). The van der Waals surface area contributed by atoms with Crippen molar-refractivity contribution in [3.63, 3.8) is 0 Å². The first-order valence-corrected chi connectivity index (χ1v) is 11.2. The van der Waals surface area contributed by atoms with Crippen LogP contribution in [-0.4, -0.2) is 5.78 Å². The lowest BCUT2D eigenvalue weighted by molar-refractivity contribution is -0.117. The molecule has 0 saturated heterocycles. The molecule has 3 unspecified atom stereocenters. The Labute approximate surface area is 164 Å². The van der Waals surface area contributed by atoms with E-state index in [1.807, 2.05) is 6.08 Å². The third-order valence-electron chi connectivity index (χ3n) is 10.2. The van der Waals surface area contributed by atoms with E-state index in [2.05, 4.69) is 39.5 Å². The van der Waals surface area contributed by atoms with Gasteiger partial charge in [0.1, 0.15) is 0 Å². The molecule has 5 aliphatic rings. The van der Waals surface area contributed by atoms with Gasteiger partial charge in [-0.1, -0.05) is 25.5 Å². The maximum atomic E-state index is 12.0. The molecule has 0 aliphatic heterocycles. The van der Waals surface area contributed by atoms with E-state index in [9.17, 15) is 10.1 Å². The summed E-state index contributed by atoms with van der Waals surface area (Å²) >= 11 is 0. The zero-order valence-electron chi connectivity index (χ0n) is 17.1. The number of fused-ring (bicyclic) bond motifs is 7. The van der Waals surface area contributed by atoms with E-state index in [4.69, 9.17) is 0 Å². The maximum Gasteiger partial charge on any atom is 0.155 e. The van der Waals surface area contributed by atoms with E-state index in [0.717, 1.165) is 31.6 Å². The second-order valence-corrected chi connectivity index (χ2v) is 10.5. The molecule has 0 aromatic heterocycles. The topological polar surface area (TPSA) is 40.9 Å². The Bertz CT molecular complexity index is 774. The fraction of sp³-hybridized carbons (Fsp3) is 0.760. The summed E-state index contributed by atoms with van der Waals surface area (Å²) in [6, 6.07) is 2.86. The molecule has 4 saturated carbocycles. The van der Waals surface area contributed by atoms with Gasteiger partial charge in [-0.3, -0.25) is 4.79 Å². The lowest BCUT2D eigenvalue weighted by Gasteiger charge is -2.59. The molecule has 0 bridgehead atoms. The van der Waals surface area contributed by atoms with Crippen molar-refractivity contribution in [1.29, 1.82) is 5.26 Å². The summed E-state index contributed by atoms with van der Waals surface area (Å²) in [7, 11) is 0. The van der Waals surface area contributed by atoms with Crippen LogP contribution in [0, 0.1) is 69.5 Å². The molecule has 2 heteroatoms. The molecule has 0 aromatic rings. The Kier molecular flexibility index (Phi) is 3.67. The fourth-order valence-electron chi connectivity index (χ4n) is 9.17. The molecule has 4 fully saturated rings. The van der Waals surface area contributed by atoms with Gasteiger partial charge in [-0.2, -0.15) is 5.26 Å². The number of carbonyl (C=O) groups excluding carboxylic acids is 1. The second kappa shape index (κ2) is 5.59. The van der Waals surface area contributed by atoms with Crippen LogP contribution >= 0.6 is 0 Å². The average molecular weight is 364 g/mol. The minimum Gasteiger partial charge on any atom is -0.295 e. The van der Waals surface area contributed by atoms with Gasteiger partial charge in [0, 0.05) is 6.42 Å². The zero-order valence-corrected chi connectivity index (χ0v) is 17.1. The third-order valence-corrected chi connectivity index (χ3v) is 10.2. The summed E-state index contributed by atoms with van der Waals surface area (Å²) in [5, 5.41) is 10.3. The van der Waals surface area contributed by atoms with Crippen molar-refractivity contribution in [3.05, 3.63) is 24.3 Å². The van der Waals surface area contributed by atoms with Crippen molar-refractivity contribution >= 4 is 5.78 Å². The number of nitrogens with zero attached hydrogens (tertiary/aromatic N) is 1. The summed E-state index contributed by atoms with van der Waals surface area (Å²) in [6.07, 6.45) is 10.6. The number of nitriles is 1. The van der Waals surface area contributed by atoms with Crippen molar-refractivity contribution in [3.8, 4) is 6.07 Å². The van der Waals surface area contributed by atoms with E-state index < -0.39 is 0 Å². The summed E-state index contributed by atoms with van der Waals surface area (Å²) in [4.78, 5) is 12.0. The molecular weight excluding hydrogens is 330 g/mol. The Morgan fingerprint density at radius 2 is 2.11 bits per heavy atom. The first-order valence-electron chi connectivity index (χ1n) is 11.2. The Hall–Kier alpha value is -1.36. The second-order valence-electron chi connectivity index (χ2n) is 10.5. The number of allylic oxidation sites excluding steroid dienone is 2. The number of hydrogen-bond acceptors (Lipinski definition) is 2. The lowest BCUT2D eigenvalue weighted by Crippen LogP contribution is -2.54. The predicted molar refractivity (Wildman–Crippen MR) is 106 cm³/mol. The minimum absolute atomic E-state index is 0.161. The summed E-state index contributed by atoms with van der Waals surface area (Å²) < 4.78 is 0. The van der Waals surface area contributed by atoms with Crippen LogP contribution in [0.2, 0.25) is 0 Å². The first-order chi connectivity index (χ1) is 12.9. The highest BCUT2D eigenvalue weighted by Crippen LogP contribution is 2.82. The molecular formula is C25H33NO. The monoisotopic (exact) mass is 363 g/mol. The number of ketones is 1. The molecule has 0 amide bonds. The summed E-state index contributed by atoms with van der Waals surface area (Å²) in [6.45, 7) is 11.3. The van der Waals surface area contributed by atoms with Gasteiger partial charge in [0.15, 0.2) is 5.78 Å². The Balaban J connectivity index is 1.61. The van der Waals surface area contributed by atoms with Crippen LogP contribution in [0.5, 0.6) is 0 Å². The van der Waals surface area contributed by atoms with Crippen molar-refractivity contribution in [1.82, 2.24) is 0 Å². The summed E-state index contributed by atoms with van der Waals surface area (Å²) in [5.74, 6) is 5.49. The van der Waals surface area contributed by atoms with E-state index >= 15 is 0 Å².